The fourth-order valence-corrected chi connectivity index (χ4v) is 3.60. The van der Waals surface area contributed by atoms with Gasteiger partial charge in [-0.15, -0.1) is 12.4 Å². The van der Waals surface area contributed by atoms with Crippen molar-refractivity contribution in [2.75, 3.05) is 6.54 Å². The second kappa shape index (κ2) is 9.32. The number of aryl methyl sites for hydroxylation is 1. The second-order valence-corrected chi connectivity index (χ2v) is 8.57. The molecule has 4 N–H and O–H groups in total. The van der Waals surface area contributed by atoms with Crippen molar-refractivity contribution >= 4 is 28.3 Å². The number of hydrogen-bond acceptors (Lipinski definition) is 4. The molecule has 0 saturated heterocycles. The zero-order chi connectivity index (χ0) is 19.4. The van der Waals surface area contributed by atoms with Crippen molar-refractivity contribution in [2.24, 2.45) is 5.73 Å². The van der Waals surface area contributed by atoms with Gasteiger partial charge in [0.05, 0.1) is 4.90 Å². The van der Waals surface area contributed by atoms with Crippen LogP contribution in [0.2, 0.25) is 0 Å². The van der Waals surface area contributed by atoms with Gasteiger partial charge in [0.25, 0.3) is 5.91 Å². The summed E-state index contributed by atoms with van der Waals surface area (Å²) < 4.78 is 27.9. The maximum absolute atomic E-state index is 12.7. The highest BCUT2D eigenvalue weighted by Gasteiger charge is 2.22. The number of halogens is 1. The molecule has 0 fully saturated rings. The van der Waals surface area contributed by atoms with Gasteiger partial charge in [0.15, 0.2) is 0 Å². The van der Waals surface area contributed by atoms with Crippen molar-refractivity contribution in [3.05, 3.63) is 65.2 Å². The lowest BCUT2D eigenvalue weighted by Gasteiger charge is -2.24. The fraction of sp³-hybridized carbons (Fsp3) is 0.316. The van der Waals surface area contributed by atoms with Gasteiger partial charge in [-0.1, -0.05) is 36.4 Å². The molecule has 2 aromatic rings. The molecule has 0 atom stereocenters. The van der Waals surface area contributed by atoms with Crippen LogP contribution in [0, 0.1) is 6.92 Å². The number of carbonyl (C=O) groups is 1. The number of nitrogens with one attached hydrogen (secondary N) is 2. The van der Waals surface area contributed by atoms with Crippen LogP contribution >= 0.6 is 12.4 Å². The average molecular weight is 412 g/mol. The van der Waals surface area contributed by atoms with Crippen LogP contribution in [0.1, 0.15) is 35.3 Å². The molecule has 0 aromatic heterocycles. The topological polar surface area (TPSA) is 101 Å². The van der Waals surface area contributed by atoms with Crippen LogP contribution < -0.4 is 15.8 Å². The predicted octanol–water partition coefficient (Wildman–Crippen LogP) is 2.36. The molecular weight excluding hydrogens is 386 g/mol. The minimum absolute atomic E-state index is 0. The maximum atomic E-state index is 12.7. The first kappa shape index (κ1) is 23.1. The second-order valence-electron chi connectivity index (χ2n) is 6.83. The van der Waals surface area contributed by atoms with E-state index in [2.05, 4.69) is 10.0 Å². The van der Waals surface area contributed by atoms with E-state index in [4.69, 9.17) is 5.73 Å². The van der Waals surface area contributed by atoms with E-state index in [0.29, 0.717) is 5.56 Å². The van der Waals surface area contributed by atoms with Gasteiger partial charge in [-0.05, 0) is 44.0 Å². The molecule has 0 radical (unpaired) electrons. The third-order valence-electron chi connectivity index (χ3n) is 4.01. The average Bonchev–Trinajstić information content (AvgIpc) is 2.61. The van der Waals surface area contributed by atoms with Gasteiger partial charge < -0.3 is 11.1 Å². The van der Waals surface area contributed by atoms with E-state index in [1.54, 1.807) is 32.9 Å². The van der Waals surface area contributed by atoms with Gasteiger partial charge in [0.1, 0.15) is 0 Å². The molecule has 0 unspecified atom stereocenters. The smallest absolute Gasteiger partial charge is 0.251 e. The first-order valence-corrected chi connectivity index (χ1v) is 9.80. The molecule has 6 nitrogen and oxygen atoms in total. The standard InChI is InChI=1S/C19H25N3O3S.ClH/c1-14-9-10-16(18(23)22-19(2,3)13-20)11-17(14)26(24,25)21-12-15-7-5-4-6-8-15;/h4-11,21H,12-13,20H2,1-3H3,(H,22,23);1H. The van der Waals surface area contributed by atoms with E-state index < -0.39 is 15.6 Å². The van der Waals surface area contributed by atoms with Gasteiger partial charge in [-0.2, -0.15) is 0 Å². The third kappa shape index (κ3) is 6.32. The summed E-state index contributed by atoms with van der Waals surface area (Å²) in [5.41, 5.74) is 6.75. The first-order chi connectivity index (χ1) is 12.1. The molecule has 2 aromatic carbocycles. The van der Waals surface area contributed by atoms with E-state index in [9.17, 15) is 13.2 Å². The highest BCUT2D eigenvalue weighted by atomic mass is 35.5. The van der Waals surface area contributed by atoms with E-state index in [1.165, 1.54) is 6.07 Å². The molecular formula is C19H26ClN3O3S. The zero-order valence-electron chi connectivity index (χ0n) is 15.7. The van der Waals surface area contributed by atoms with E-state index in [1.807, 2.05) is 30.3 Å². The van der Waals surface area contributed by atoms with Crippen molar-refractivity contribution in [3.63, 3.8) is 0 Å². The summed E-state index contributed by atoms with van der Waals surface area (Å²) in [6, 6.07) is 13.9. The Kier molecular flexibility index (Phi) is 7.98. The summed E-state index contributed by atoms with van der Waals surface area (Å²) in [7, 11) is -3.75. The summed E-state index contributed by atoms with van der Waals surface area (Å²) in [5, 5.41) is 2.80. The Morgan fingerprint density at radius 2 is 1.74 bits per heavy atom. The lowest BCUT2D eigenvalue weighted by molar-refractivity contribution is 0.0915. The summed E-state index contributed by atoms with van der Waals surface area (Å²) >= 11 is 0. The van der Waals surface area contributed by atoms with Crippen LogP contribution in [0.25, 0.3) is 0 Å². The summed E-state index contributed by atoms with van der Waals surface area (Å²) in [5.74, 6) is -0.361. The largest absolute Gasteiger partial charge is 0.346 e. The van der Waals surface area contributed by atoms with Crippen molar-refractivity contribution in [2.45, 2.75) is 37.8 Å². The Morgan fingerprint density at radius 1 is 1.11 bits per heavy atom. The number of nitrogens with two attached hydrogens (primary N) is 1. The monoisotopic (exact) mass is 411 g/mol. The Balaban J connectivity index is 0.00000364. The van der Waals surface area contributed by atoms with Crippen molar-refractivity contribution in [1.29, 1.82) is 0 Å². The Hall–Kier alpha value is -1.93. The summed E-state index contributed by atoms with van der Waals surface area (Å²) in [6.45, 7) is 5.76. The molecule has 0 aliphatic rings. The van der Waals surface area contributed by atoms with Crippen molar-refractivity contribution in [3.8, 4) is 0 Å². The minimum atomic E-state index is -3.75. The Labute approximate surface area is 167 Å². The quantitative estimate of drug-likeness (QED) is 0.650. The Bertz CT molecular complexity index is 884. The van der Waals surface area contributed by atoms with Crippen LogP contribution in [0.3, 0.4) is 0 Å². The molecule has 0 aliphatic carbocycles. The van der Waals surface area contributed by atoms with Crippen LogP contribution in [0.15, 0.2) is 53.4 Å². The third-order valence-corrected chi connectivity index (χ3v) is 5.55. The maximum Gasteiger partial charge on any atom is 0.251 e. The van der Waals surface area contributed by atoms with Crippen LogP contribution in [-0.4, -0.2) is 26.4 Å². The number of amides is 1. The van der Waals surface area contributed by atoms with E-state index in [0.717, 1.165) is 5.56 Å². The number of hydrogen-bond donors (Lipinski definition) is 3. The van der Waals surface area contributed by atoms with E-state index in [-0.39, 0.29) is 41.9 Å². The normalized spacial score (nSPS) is 11.6. The molecule has 0 heterocycles. The number of rotatable bonds is 7. The lowest BCUT2D eigenvalue weighted by Crippen LogP contribution is -2.48. The van der Waals surface area contributed by atoms with Crippen LogP contribution in [0.5, 0.6) is 0 Å². The highest BCUT2D eigenvalue weighted by molar-refractivity contribution is 7.89. The van der Waals surface area contributed by atoms with Crippen LogP contribution in [-0.2, 0) is 16.6 Å². The van der Waals surface area contributed by atoms with Crippen molar-refractivity contribution in [1.82, 2.24) is 10.0 Å². The highest BCUT2D eigenvalue weighted by Crippen LogP contribution is 2.18. The summed E-state index contributed by atoms with van der Waals surface area (Å²) in [4.78, 5) is 12.5. The van der Waals surface area contributed by atoms with Gasteiger partial charge in [0, 0.05) is 24.2 Å². The molecule has 1 amide bonds. The predicted molar refractivity (Wildman–Crippen MR) is 109 cm³/mol. The number of carbonyl (C=O) groups excluding carboxylic acids is 1. The van der Waals surface area contributed by atoms with Crippen LogP contribution in [0.4, 0.5) is 0 Å². The molecule has 0 bridgehead atoms. The molecule has 0 aliphatic heterocycles. The molecule has 27 heavy (non-hydrogen) atoms. The lowest BCUT2D eigenvalue weighted by atomic mass is 10.0. The van der Waals surface area contributed by atoms with Gasteiger partial charge in [-0.3, -0.25) is 4.79 Å². The molecule has 148 valence electrons. The zero-order valence-corrected chi connectivity index (χ0v) is 17.3. The Morgan fingerprint density at radius 3 is 2.33 bits per heavy atom. The van der Waals surface area contributed by atoms with Gasteiger partial charge >= 0.3 is 0 Å². The molecule has 0 saturated carbocycles. The molecule has 2 rings (SSSR count). The van der Waals surface area contributed by atoms with Gasteiger partial charge in [-0.25, -0.2) is 13.1 Å². The van der Waals surface area contributed by atoms with Gasteiger partial charge in [0.2, 0.25) is 10.0 Å². The molecule has 8 heteroatoms. The number of benzene rings is 2. The fourth-order valence-electron chi connectivity index (χ4n) is 2.31. The van der Waals surface area contributed by atoms with E-state index >= 15 is 0 Å². The summed E-state index contributed by atoms with van der Waals surface area (Å²) in [6.07, 6.45) is 0. The van der Waals surface area contributed by atoms with Crippen molar-refractivity contribution < 1.29 is 13.2 Å². The SMILES string of the molecule is Cc1ccc(C(=O)NC(C)(C)CN)cc1S(=O)(=O)NCc1ccccc1.Cl. The number of sulfonamides is 1. The minimum Gasteiger partial charge on any atom is -0.346 e. The first-order valence-electron chi connectivity index (χ1n) is 8.31. The molecule has 0 spiro atoms.